The lowest BCUT2D eigenvalue weighted by atomic mass is 10.3. The van der Waals surface area contributed by atoms with Crippen molar-refractivity contribution in [2.45, 2.75) is 13.3 Å². The Hall–Kier alpha value is -0.900. The summed E-state index contributed by atoms with van der Waals surface area (Å²) in [6.07, 6.45) is 0.672. The van der Waals surface area contributed by atoms with Crippen LogP contribution in [0.15, 0.2) is 21.0 Å². The molecule has 2 nitrogen and oxygen atoms in total. The fourth-order valence-electron chi connectivity index (χ4n) is 1.16. The second kappa shape index (κ2) is 3.10. The van der Waals surface area contributed by atoms with Crippen molar-refractivity contribution in [1.29, 1.82) is 0 Å². The van der Waals surface area contributed by atoms with Gasteiger partial charge in [-0.25, -0.2) is 9.37 Å². The summed E-state index contributed by atoms with van der Waals surface area (Å²) >= 11 is 3.19. The van der Waals surface area contributed by atoms with Gasteiger partial charge in [0.1, 0.15) is 5.52 Å². The molecule has 1 aromatic carbocycles. The van der Waals surface area contributed by atoms with E-state index in [9.17, 15) is 4.39 Å². The van der Waals surface area contributed by atoms with E-state index in [-0.39, 0.29) is 11.4 Å². The Balaban J connectivity index is 2.75. The normalized spacial score (nSPS) is 11.0. The summed E-state index contributed by atoms with van der Waals surface area (Å²) in [5, 5.41) is 0. The second-order valence-electron chi connectivity index (χ2n) is 2.70. The van der Waals surface area contributed by atoms with Crippen LogP contribution in [0.4, 0.5) is 4.39 Å². The third-order valence-corrected chi connectivity index (χ3v) is 2.21. The van der Waals surface area contributed by atoms with Gasteiger partial charge >= 0.3 is 0 Å². The van der Waals surface area contributed by atoms with Gasteiger partial charge in [-0.15, -0.1) is 0 Å². The third kappa shape index (κ3) is 1.46. The molecule has 1 heterocycles. The molecule has 0 saturated carbocycles. The van der Waals surface area contributed by atoms with Gasteiger partial charge in [-0.2, -0.15) is 0 Å². The minimum absolute atomic E-state index is 0.236. The molecule has 0 aliphatic carbocycles. The molecular formula is C9H7BrFNO. The highest BCUT2D eigenvalue weighted by molar-refractivity contribution is 9.10. The van der Waals surface area contributed by atoms with E-state index < -0.39 is 0 Å². The molecule has 2 rings (SSSR count). The maximum absolute atomic E-state index is 13.2. The van der Waals surface area contributed by atoms with Crippen molar-refractivity contribution in [2.24, 2.45) is 0 Å². The molecule has 0 saturated heterocycles. The van der Waals surface area contributed by atoms with Gasteiger partial charge in [-0.3, -0.25) is 0 Å². The topological polar surface area (TPSA) is 26.0 Å². The number of aryl methyl sites for hydroxylation is 1. The SMILES string of the molecule is CCc1nc2cc(Br)cc(F)c2o1. The molecule has 4 heteroatoms. The van der Waals surface area contributed by atoms with Gasteiger partial charge in [0.25, 0.3) is 0 Å². The highest BCUT2D eigenvalue weighted by Crippen LogP contribution is 2.23. The summed E-state index contributed by atoms with van der Waals surface area (Å²) in [5.41, 5.74) is 0.795. The maximum atomic E-state index is 13.2. The maximum Gasteiger partial charge on any atom is 0.195 e. The number of nitrogens with zero attached hydrogens (tertiary/aromatic N) is 1. The first kappa shape index (κ1) is 8.69. The standard InChI is InChI=1S/C9H7BrFNO/c1-2-8-12-7-4-5(10)3-6(11)9(7)13-8/h3-4H,2H2,1H3. The van der Waals surface area contributed by atoms with Crippen LogP contribution in [-0.4, -0.2) is 4.98 Å². The van der Waals surface area contributed by atoms with Crippen molar-refractivity contribution in [1.82, 2.24) is 4.98 Å². The van der Waals surface area contributed by atoms with Gasteiger partial charge in [0.2, 0.25) is 0 Å². The largest absolute Gasteiger partial charge is 0.438 e. The van der Waals surface area contributed by atoms with E-state index in [0.717, 1.165) is 0 Å². The van der Waals surface area contributed by atoms with Crippen molar-refractivity contribution in [3.63, 3.8) is 0 Å². The van der Waals surface area contributed by atoms with Crippen molar-refractivity contribution in [3.8, 4) is 0 Å². The summed E-state index contributed by atoms with van der Waals surface area (Å²) < 4.78 is 19.1. The molecule has 2 aromatic rings. The first-order valence-corrected chi connectivity index (χ1v) is 4.74. The fraction of sp³-hybridized carbons (Fsp3) is 0.222. The highest BCUT2D eigenvalue weighted by atomic mass is 79.9. The lowest BCUT2D eigenvalue weighted by molar-refractivity contribution is 0.512. The summed E-state index contributed by atoms with van der Waals surface area (Å²) in [6, 6.07) is 3.11. The Morgan fingerprint density at radius 3 is 3.00 bits per heavy atom. The number of halogens is 2. The molecule has 0 aliphatic heterocycles. The lowest BCUT2D eigenvalue weighted by Crippen LogP contribution is -1.76. The Morgan fingerprint density at radius 1 is 1.54 bits per heavy atom. The summed E-state index contributed by atoms with van der Waals surface area (Å²) in [4.78, 5) is 4.12. The minimum atomic E-state index is -0.378. The quantitative estimate of drug-likeness (QED) is 0.769. The Morgan fingerprint density at radius 2 is 2.31 bits per heavy atom. The van der Waals surface area contributed by atoms with Gasteiger partial charge in [0, 0.05) is 10.9 Å². The smallest absolute Gasteiger partial charge is 0.195 e. The first-order chi connectivity index (χ1) is 6.20. The van der Waals surface area contributed by atoms with Gasteiger partial charge in [0.15, 0.2) is 17.3 Å². The van der Waals surface area contributed by atoms with Crippen LogP contribution in [-0.2, 0) is 6.42 Å². The molecule has 0 spiro atoms. The zero-order valence-corrected chi connectivity index (χ0v) is 8.56. The number of hydrogen-bond donors (Lipinski definition) is 0. The molecule has 0 amide bonds. The van der Waals surface area contributed by atoms with E-state index in [1.54, 1.807) is 6.07 Å². The van der Waals surface area contributed by atoms with Crippen LogP contribution < -0.4 is 0 Å². The van der Waals surface area contributed by atoms with E-state index in [4.69, 9.17) is 4.42 Å². The summed E-state index contributed by atoms with van der Waals surface area (Å²) in [5.74, 6) is 0.184. The Labute approximate surface area is 82.9 Å². The molecular weight excluding hydrogens is 237 g/mol. The van der Waals surface area contributed by atoms with Crippen molar-refractivity contribution in [2.75, 3.05) is 0 Å². The van der Waals surface area contributed by atoms with Crippen LogP contribution in [0, 0.1) is 5.82 Å². The number of rotatable bonds is 1. The Bertz CT molecular complexity index is 452. The number of hydrogen-bond acceptors (Lipinski definition) is 2. The predicted molar refractivity (Wildman–Crippen MR) is 51.0 cm³/mol. The van der Waals surface area contributed by atoms with Crippen LogP contribution in [0.3, 0.4) is 0 Å². The lowest BCUT2D eigenvalue weighted by Gasteiger charge is -1.90. The number of aromatic nitrogens is 1. The van der Waals surface area contributed by atoms with Gasteiger partial charge in [-0.05, 0) is 12.1 Å². The van der Waals surface area contributed by atoms with Crippen LogP contribution in [0.25, 0.3) is 11.1 Å². The average molecular weight is 244 g/mol. The summed E-state index contributed by atoms with van der Waals surface area (Å²) in [6.45, 7) is 1.91. The molecule has 0 atom stereocenters. The highest BCUT2D eigenvalue weighted by Gasteiger charge is 2.09. The monoisotopic (exact) mass is 243 g/mol. The molecule has 0 bridgehead atoms. The van der Waals surface area contributed by atoms with E-state index in [1.807, 2.05) is 6.92 Å². The predicted octanol–water partition coefficient (Wildman–Crippen LogP) is 3.29. The molecule has 0 N–H and O–H groups in total. The average Bonchev–Trinajstić information content (AvgIpc) is 2.47. The Kier molecular flexibility index (Phi) is 2.07. The van der Waals surface area contributed by atoms with Gasteiger partial charge in [-0.1, -0.05) is 22.9 Å². The minimum Gasteiger partial charge on any atom is -0.438 e. The zero-order valence-electron chi connectivity index (χ0n) is 6.97. The molecule has 0 fully saturated rings. The van der Waals surface area contributed by atoms with Gasteiger partial charge in [0.05, 0.1) is 0 Å². The molecule has 0 unspecified atom stereocenters. The van der Waals surface area contributed by atoms with Crippen molar-refractivity contribution < 1.29 is 8.81 Å². The van der Waals surface area contributed by atoms with E-state index in [0.29, 0.717) is 22.3 Å². The van der Waals surface area contributed by atoms with Crippen LogP contribution in [0.5, 0.6) is 0 Å². The van der Waals surface area contributed by atoms with Gasteiger partial charge < -0.3 is 4.42 Å². The fourth-order valence-corrected chi connectivity index (χ4v) is 1.57. The van der Waals surface area contributed by atoms with E-state index in [2.05, 4.69) is 20.9 Å². The van der Waals surface area contributed by atoms with E-state index >= 15 is 0 Å². The molecule has 1 aromatic heterocycles. The number of benzene rings is 1. The molecule has 13 heavy (non-hydrogen) atoms. The number of fused-ring (bicyclic) bond motifs is 1. The third-order valence-electron chi connectivity index (χ3n) is 1.76. The van der Waals surface area contributed by atoms with Crippen molar-refractivity contribution >= 4 is 27.0 Å². The van der Waals surface area contributed by atoms with Crippen LogP contribution in [0.2, 0.25) is 0 Å². The van der Waals surface area contributed by atoms with Crippen LogP contribution >= 0.6 is 15.9 Å². The zero-order chi connectivity index (χ0) is 9.42. The number of oxazole rings is 1. The molecule has 0 radical (unpaired) electrons. The van der Waals surface area contributed by atoms with E-state index in [1.165, 1.54) is 6.07 Å². The first-order valence-electron chi connectivity index (χ1n) is 3.95. The summed E-state index contributed by atoms with van der Waals surface area (Å²) in [7, 11) is 0. The van der Waals surface area contributed by atoms with Crippen molar-refractivity contribution in [3.05, 3.63) is 28.3 Å². The molecule has 68 valence electrons. The molecule has 0 aliphatic rings. The second-order valence-corrected chi connectivity index (χ2v) is 3.61. The van der Waals surface area contributed by atoms with Crippen LogP contribution in [0.1, 0.15) is 12.8 Å².